The van der Waals surface area contributed by atoms with Crippen LogP contribution in [0.15, 0.2) is 18.2 Å². The molecule has 1 aromatic carbocycles. The van der Waals surface area contributed by atoms with Gasteiger partial charge in [-0.3, -0.25) is 0 Å². The summed E-state index contributed by atoms with van der Waals surface area (Å²) < 4.78 is 39.0. The Bertz CT molecular complexity index is 476. The van der Waals surface area contributed by atoms with Gasteiger partial charge in [0, 0.05) is 18.6 Å². The van der Waals surface area contributed by atoms with Gasteiger partial charge in [-0.15, -0.1) is 0 Å². The minimum atomic E-state index is -4.40. The molecule has 2 rings (SSSR count). The zero-order chi connectivity index (χ0) is 14.9. The summed E-state index contributed by atoms with van der Waals surface area (Å²) in [6.45, 7) is 2.94. The first kappa shape index (κ1) is 15.4. The van der Waals surface area contributed by atoms with E-state index < -0.39 is 11.7 Å². The first-order valence-electron chi connectivity index (χ1n) is 6.61. The Morgan fingerprint density at radius 2 is 2.05 bits per heavy atom. The van der Waals surface area contributed by atoms with E-state index >= 15 is 0 Å². The SMILES string of the molecule is CC1CC(Nc2c(Cl)cccc2C(F)(F)F)CCN1C. The first-order chi connectivity index (χ1) is 9.29. The molecule has 1 saturated heterocycles. The van der Waals surface area contributed by atoms with E-state index in [1.165, 1.54) is 12.1 Å². The number of likely N-dealkylation sites (tertiary alicyclic amines) is 1. The summed E-state index contributed by atoms with van der Waals surface area (Å²) in [6, 6.07) is 4.23. The van der Waals surface area contributed by atoms with E-state index in [1.807, 2.05) is 7.05 Å². The highest BCUT2D eigenvalue weighted by atomic mass is 35.5. The molecule has 1 heterocycles. The third-order valence-electron chi connectivity index (χ3n) is 3.88. The maximum Gasteiger partial charge on any atom is 0.418 e. The van der Waals surface area contributed by atoms with E-state index in [1.54, 1.807) is 0 Å². The highest BCUT2D eigenvalue weighted by Gasteiger charge is 2.35. The van der Waals surface area contributed by atoms with Crippen LogP contribution in [0.2, 0.25) is 5.02 Å². The molecule has 2 unspecified atom stereocenters. The Balaban J connectivity index is 2.21. The van der Waals surface area contributed by atoms with Crippen molar-refractivity contribution in [3.8, 4) is 0 Å². The lowest BCUT2D eigenvalue weighted by Crippen LogP contribution is -2.42. The lowest BCUT2D eigenvalue weighted by molar-refractivity contribution is -0.137. The molecule has 0 saturated carbocycles. The normalized spacial score (nSPS) is 24.7. The molecule has 6 heteroatoms. The van der Waals surface area contributed by atoms with Gasteiger partial charge in [0.15, 0.2) is 0 Å². The van der Waals surface area contributed by atoms with Crippen molar-refractivity contribution in [2.45, 2.75) is 38.0 Å². The van der Waals surface area contributed by atoms with Gasteiger partial charge < -0.3 is 10.2 Å². The maximum absolute atomic E-state index is 13.0. The van der Waals surface area contributed by atoms with E-state index in [2.05, 4.69) is 17.1 Å². The van der Waals surface area contributed by atoms with Crippen LogP contribution in [0.25, 0.3) is 0 Å². The number of nitrogens with one attached hydrogen (secondary N) is 1. The molecule has 112 valence electrons. The number of alkyl halides is 3. The van der Waals surface area contributed by atoms with Crippen LogP contribution in [-0.4, -0.2) is 30.6 Å². The third-order valence-corrected chi connectivity index (χ3v) is 4.19. The Kier molecular flexibility index (Phi) is 4.49. The fourth-order valence-electron chi connectivity index (χ4n) is 2.53. The zero-order valence-electron chi connectivity index (χ0n) is 11.5. The predicted octanol–water partition coefficient (Wildman–Crippen LogP) is 4.25. The number of nitrogens with zero attached hydrogens (tertiary/aromatic N) is 1. The van der Waals surface area contributed by atoms with Crippen LogP contribution in [0.4, 0.5) is 18.9 Å². The Hall–Kier alpha value is -0.940. The van der Waals surface area contributed by atoms with Crippen molar-refractivity contribution in [3.05, 3.63) is 28.8 Å². The number of rotatable bonds is 2. The van der Waals surface area contributed by atoms with E-state index in [4.69, 9.17) is 11.6 Å². The number of para-hydroxylation sites is 1. The molecule has 2 nitrogen and oxygen atoms in total. The summed E-state index contributed by atoms with van der Waals surface area (Å²) in [5, 5.41) is 3.11. The van der Waals surface area contributed by atoms with Crippen molar-refractivity contribution in [1.82, 2.24) is 4.90 Å². The molecule has 0 amide bonds. The van der Waals surface area contributed by atoms with Gasteiger partial charge in [-0.05, 0) is 38.9 Å². The molecule has 1 N–H and O–H groups in total. The number of hydrogen-bond acceptors (Lipinski definition) is 2. The standard InChI is InChI=1S/C14H18ClF3N2/c1-9-8-10(6-7-20(9)2)19-13-11(14(16,17)18)4-3-5-12(13)15/h3-5,9-10,19H,6-8H2,1-2H3. The third kappa shape index (κ3) is 3.38. The highest BCUT2D eigenvalue weighted by Crippen LogP contribution is 2.39. The Morgan fingerprint density at radius 3 is 2.65 bits per heavy atom. The second-order valence-corrected chi connectivity index (χ2v) is 5.76. The lowest BCUT2D eigenvalue weighted by atomic mass is 9.98. The van der Waals surface area contributed by atoms with Crippen LogP contribution in [0.5, 0.6) is 0 Å². The smallest absolute Gasteiger partial charge is 0.381 e. The van der Waals surface area contributed by atoms with Gasteiger partial charge in [-0.25, -0.2) is 0 Å². The van der Waals surface area contributed by atoms with Gasteiger partial charge in [-0.2, -0.15) is 13.2 Å². The molecular formula is C14H18ClF3N2. The summed E-state index contributed by atoms with van der Waals surface area (Å²) in [5.41, 5.74) is -0.694. The van der Waals surface area contributed by atoms with Gasteiger partial charge in [0.05, 0.1) is 16.3 Å². The molecule has 1 aromatic rings. The van der Waals surface area contributed by atoms with Crippen molar-refractivity contribution < 1.29 is 13.2 Å². The van der Waals surface area contributed by atoms with Crippen molar-refractivity contribution in [1.29, 1.82) is 0 Å². The second kappa shape index (κ2) is 5.82. The molecule has 20 heavy (non-hydrogen) atoms. The topological polar surface area (TPSA) is 15.3 Å². The number of hydrogen-bond donors (Lipinski definition) is 1. The Labute approximate surface area is 121 Å². The van der Waals surface area contributed by atoms with Crippen LogP contribution in [0, 0.1) is 0 Å². The second-order valence-electron chi connectivity index (χ2n) is 5.36. The lowest BCUT2D eigenvalue weighted by Gasteiger charge is -2.36. The van der Waals surface area contributed by atoms with E-state index in [-0.39, 0.29) is 16.8 Å². The van der Waals surface area contributed by atoms with Crippen molar-refractivity contribution in [2.24, 2.45) is 0 Å². The monoisotopic (exact) mass is 306 g/mol. The molecule has 1 fully saturated rings. The van der Waals surface area contributed by atoms with Crippen LogP contribution in [0.3, 0.4) is 0 Å². The molecule has 0 aliphatic carbocycles. The van der Waals surface area contributed by atoms with Crippen molar-refractivity contribution >= 4 is 17.3 Å². The van der Waals surface area contributed by atoms with Gasteiger partial charge in [0.1, 0.15) is 0 Å². The van der Waals surface area contributed by atoms with Crippen LogP contribution < -0.4 is 5.32 Å². The van der Waals surface area contributed by atoms with Crippen molar-refractivity contribution in [3.63, 3.8) is 0 Å². The summed E-state index contributed by atoms with van der Waals surface area (Å²) in [7, 11) is 2.03. The number of halogens is 4. The molecule has 2 atom stereocenters. The molecule has 0 aromatic heterocycles. The summed E-state index contributed by atoms with van der Waals surface area (Å²) in [5.74, 6) is 0. The summed E-state index contributed by atoms with van der Waals surface area (Å²) in [6.07, 6.45) is -2.79. The average Bonchev–Trinajstić information content (AvgIpc) is 2.35. The first-order valence-corrected chi connectivity index (χ1v) is 6.99. The van der Waals surface area contributed by atoms with Crippen molar-refractivity contribution in [2.75, 3.05) is 18.9 Å². The van der Waals surface area contributed by atoms with Gasteiger partial charge in [-0.1, -0.05) is 17.7 Å². The van der Waals surface area contributed by atoms with E-state index in [9.17, 15) is 13.2 Å². The van der Waals surface area contributed by atoms with Gasteiger partial charge in [0.25, 0.3) is 0 Å². The quantitative estimate of drug-likeness (QED) is 0.878. The number of benzene rings is 1. The van der Waals surface area contributed by atoms with Crippen LogP contribution in [0.1, 0.15) is 25.3 Å². The van der Waals surface area contributed by atoms with Crippen LogP contribution >= 0.6 is 11.6 Å². The molecule has 1 aliphatic heterocycles. The summed E-state index contributed by atoms with van der Waals surface area (Å²) >= 11 is 5.95. The highest BCUT2D eigenvalue weighted by molar-refractivity contribution is 6.33. The predicted molar refractivity (Wildman–Crippen MR) is 75.2 cm³/mol. The largest absolute Gasteiger partial charge is 0.418 e. The fraction of sp³-hybridized carbons (Fsp3) is 0.571. The van der Waals surface area contributed by atoms with E-state index in [0.29, 0.717) is 6.04 Å². The zero-order valence-corrected chi connectivity index (χ0v) is 12.2. The number of anilines is 1. The van der Waals surface area contributed by atoms with E-state index in [0.717, 1.165) is 25.5 Å². The van der Waals surface area contributed by atoms with Gasteiger partial charge >= 0.3 is 6.18 Å². The molecule has 1 aliphatic rings. The average molecular weight is 307 g/mol. The molecule has 0 spiro atoms. The Morgan fingerprint density at radius 1 is 1.35 bits per heavy atom. The molecule has 0 radical (unpaired) electrons. The molecule has 0 bridgehead atoms. The minimum absolute atomic E-state index is 0.00317. The maximum atomic E-state index is 13.0. The van der Waals surface area contributed by atoms with Crippen LogP contribution in [-0.2, 0) is 6.18 Å². The summed E-state index contributed by atoms with van der Waals surface area (Å²) in [4.78, 5) is 2.20. The number of piperidine rings is 1. The fourth-order valence-corrected chi connectivity index (χ4v) is 2.76. The minimum Gasteiger partial charge on any atom is -0.381 e. The molecular weight excluding hydrogens is 289 g/mol. The van der Waals surface area contributed by atoms with Gasteiger partial charge in [0.2, 0.25) is 0 Å².